The lowest BCUT2D eigenvalue weighted by Crippen LogP contribution is -2.30. The Kier molecular flexibility index (Phi) is 44.5. The average Bonchev–Trinajstić information content (AvgIpc) is 3.22. The van der Waals surface area contributed by atoms with Crippen molar-refractivity contribution in [1.82, 2.24) is 0 Å². The minimum atomic E-state index is -0.816. The lowest BCUT2D eigenvalue weighted by Gasteiger charge is -2.18. The quantitative estimate of drug-likeness (QED) is 0.0264. The summed E-state index contributed by atoms with van der Waals surface area (Å²) in [6.45, 7) is 6.39. The van der Waals surface area contributed by atoms with Gasteiger partial charge < -0.3 is 14.2 Å². The van der Waals surface area contributed by atoms with Crippen molar-refractivity contribution in [2.45, 2.75) is 239 Å². The lowest BCUT2D eigenvalue weighted by molar-refractivity contribution is -0.166. The molecule has 58 heavy (non-hydrogen) atoms. The van der Waals surface area contributed by atoms with Crippen molar-refractivity contribution in [2.24, 2.45) is 0 Å². The Bertz CT molecular complexity index is 1070. The molecule has 0 aromatic carbocycles. The Morgan fingerprint density at radius 1 is 0.379 bits per heavy atom. The molecule has 6 heteroatoms. The Labute approximate surface area is 358 Å². The standard InChI is InChI=1S/C52H90O6/c1-4-7-10-13-16-19-21-23-25-26-27-29-30-33-36-39-42-45-51(54)57-48-49(47-56-50(53)44-41-38-35-32-18-15-12-9-6-3)58-52(55)46-43-40-37-34-31-28-24-22-20-17-14-11-8-5-2/h9,12,18,23,25,28,31-32,38,41,49H,4-8,10-11,13-17,19-22,24,26-27,29-30,33-37,39-40,42-48H2,1-3H3/b12-9-,25-23-,31-28-,32-18-,41-38-. The maximum absolute atomic E-state index is 12.7. The molecule has 334 valence electrons. The molecule has 0 fully saturated rings. The van der Waals surface area contributed by atoms with Crippen molar-refractivity contribution in [3.05, 3.63) is 60.8 Å². The number of carbonyl (C=O) groups is 3. The van der Waals surface area contributed by atoms with Gasteiger partial charge in [0.25, 0.3) is 0 Å². The molecule has 0 aliphatic heterocycles. The van der Waals surface area contributed by atoms with Gasteiger partial charge in [-0.1, -0.05) is 191 Å². The fourth-order valence-electron chi connectivity index (χ4n) is 6.61. The number of esters is 3. The van der Waals surface area contributed by atoms with E-state index in [0.29, 0.717) is 12.8 Å². The Balaban J connectivity index is 4.40. The first-order valence-corrected chi connectivity index (χ1v) is 24.3. The van der Waals surface area contributed by atoms with Crippen LogP contribution in [0, 0.1) is 0 Å². The van der Waals surface area contributed by atoms with Crippen LogP contribution in [0.3, 0.4) is 0 Å². The van der Waals surface area contributed by atoms with E-state index < -0.39 is 12.1 Å². The van der Waals surface area contributed by atoms with Crippen LogP contribution in [0.15, 0.2) is 60.8 Å². The third-order valence-electron chi connectivity index (χ3n) is 10.3. The number of allylic oxidation sites excluding steroid dienone is 9. The van der Waals surface area contributed by atoms with Crippen LogP contribution in [-0.2, 0) is 28.6 Å². The minimum absolute atomic E-state index is 0.109. The first kappa shape index (κ1) is 55.1. The molecule has 0 radical (unpaired) electrons. The molecule has 6 nitrogen and oxygen atoms in total. The molecule has 0 aromatic heterocycles. The minimum Gasteiger partial charge on any atom is -0.462 e. The number of hydrogen-bond donors (Lipinski definition) is 0. The van der Waals surface area contributed by atoms with Gasteiger partial charge in [0.1, 0.15) is 13.2 Å². The SMILES string of the molecule is CC/C=C\C/C=C\C/C=C\CC(=O)OCC(COC(=O)CCCCCCCCC/C=C\CCCCCCCC)OC(=O)CCCCC/C=C\CCCCCCCCC. The van der Waals surface area contributed by atoms with Gasteiger partial charge in [-0.3, -0.25) is 14.4 Å². The maximum atomic E-state index is 12.7. The van der Waals surface area contributed by atoms with E-state index >= 15 is 0 Å². The van der Waals surface area contributed by atoms with Gasteiger partial charge in [0, 0.05) is 12.8 Å². The third kappa shape index (κ3) is 44.2. The summed E-state index contributed by atoms with van der Waals surface area (Å²) in [5, 5.41) is 0. The van der Waals surface area contributed by atoms with E-state index in [1.54, 1.807) is 6.08 Å². The highest BCUT2D eigenvalue weighted by Crippen LogP contribution is 2.13. The number of carbonyl (C=O) groups excluding carboxylic acids is 3. The zero-order valence-electron chi connectivity index (χ0n) is 38.0. The third-order valence-corrected chi connectivity index (χ3v) is 10.3. The zero-order valence-corrected chi connectivity index (χ0v) is 38.0. The van der Waals surface area contributed by atoms with Gasteiger partial charge in [0.2, 0.25) is 0 Å². The molecule has 0 aromatic rings. The van der Waals surface area contributed by atoms with Gasteiger partial charge in [-0.15, -0.1) is 0 Å². The molecular weight excluding hydrogens is 721 g/mol. The largest absolute Gasteiger partial charge is 0.462 e. The fraction of sp³-hybridized carbons (Fsp3) is 0.750. The fourth-order valence-corrected chi connectivity index (χ4v) is 6.61. The topological polar surface area (TPSA) is 78.9 Å². The van der Waals surface area contributed by atoms with Gasteiger partial charge in [-0.25, -0.2) is 0 Å². The van der Waals surface area contributed by atoms with E-state index in [2.05, 4.69) is 69.4 Å². The normalized spacial score (nSPS) is 12.5. The molecule has 0 rings (SSSR count). The molecular formula is C52H90O6. The predicted molar refractivity (Wildman–Crippen MR) is 247 cm³/mol. The summed E-state index contributed by atoms with van der Waals surface area (Å²) in [6.07, 6.45) is 56.7. The van der Waals surface area contributed by atoms with E-state index in [4.69, 9.17) is 14.2 Å². The van der Waals surface area contributed by atoms with Gasteiger partial charge >= 0.3 is 17.9 Å². The van der Waals surface area contributed by atoms with Crippen molar-refractivity contribution >= 4 is 17.9 Å². The van der Waals surface area contributed by atoms with E-state index in [1.807, 2.05) is 6.08 Å². The summed E-state index contributed by atoms with van der Waals surface area (Å²) in [6, 6.07) is 0. The predicted octanol–water partition coefficient (Wildman–Crippen LogP) is 15.7. The van der Waals surface area contributed by atoms with Crippen molar-refractivity contribution in [3.63, 3.8) is 0 Å². The van der Waals surface area contributed by atoms with E-state index in [-0.39, 0.29) is 31.6 Å². The molecule has 0 aliphatic rings. The first-order chi connectivity index (χ1) is 28.5. The van der Waals surface area contributed by atoms with Gasteiger partial charge in [0.05, 0.1) is 6.42 Å². The van der Waals surface area contributed by atoms with E-state index in [1.165, 1.54) is 122 Å². The molecule has 0 saturated carbocycles. The molecule has 0 heterocycles. The second-order valence-electron chi connectivity index (χ2n) is 16.0. The molecule has 1 atom stereocenters. The molecule has 0 N–H and O–H groups in total. The second-order valence-corrected chi connectivity index (χ2v) is 16.0. The Morgan fingerprint density at radius 3 is 1.21 bits per heavy atom. The van der Waals surface area contributed by atoms with Crippen molar-refractivity contribution in [2.75, 3.05) is 13.2 Å². The van der Waals surface area contributed by atoms with Crippen LogP contribution in [0.4, 0.5) is 0 Å². The highest BCUT2D eigenvalue weighted by molar-refractivity contribution is 5.72. The van der Waals surface area contributed by atoms with Crippen LogP contribution >= 0.6 is 0 Å². The van der Waals surface area contributed by atoms with E-state index in [9.17, 15) is 14.4 Å². The van der Waals surface area contributed by atoms with Gasteiger partial charge in [0.15, 0.2) is 6.10 Å². The van der Waals surface area contributed by atoms with Crippen LogP contribution in [0.2, 0.25) is 0 Å². The monoisotopic (exact) mass is 811 g/mol. The smallest absolute Gasteiger partial charge is 0.309 e. The van der Waals surface area contributed by atoms with Crippen molar-refractivity contribution in [1.29, 1.82) is 0 Å². The summed E-state index contributed by atoms with van der Waals surface area (Å²) < 4.78 is 16.6. The summed E-state index contributed by atoms with van der Waals surface area (Å²) in [5.74, 6) is -1.06. The van der Waals surface area contributed by atoms with Crippen LogP contribution < -0.4 is 0 Å². The molecule has 0 bridgehead atoms. The van der Waals surface area contributed by atoms with Crippen LogP contribution in [-0.4, -0.2) is 37.2 Å². The Morgan fingerprint density at radius 2 is 0.741 bits per heavy atom. The highest BCUT2D eigenvalue weighted by Gasteiger charge is 2.19. The number of ether oxygens (including phenoxy) is 3. The van der Waals surface area contributed by atoms with Crippen LogP contribution in [0.25, 0.3) is 0 Å². The summed E-state index contributed by atoms with van der Waals surface area (Å²) in [5.41, 5.74) is 0. The maximum Gasteiger partial charge on any atom is 0.309 e. The molecule has 1 unspecified atom stereocenters. The van der Waals surface area contributed by atoms with E-state index in [0.717, 1.165) is 70.6 Å². The lowest BCUT2D eigenvalue weighted by atomic mass is 10.1. The summed E-state index contributed by atoms with van der Waals surface area (Å²) in [4.78, 5) is 37.7. The number of hydrogen-bond acceptors (Lipinski definition) is 6. The molecule has 0 saturated heterocycles. The summed E-state index contributed by atoms with van der Waals surface area (Å²) >= 11 is 0. The first-order valence-electron chi connectivity index (χ1n) is 24.3. The van der Waals surface area contributed by atoms with Crippen LogP contribution in [0.5, 0.6) is 0 Å². The molecule has 0 aliphatic carbocycles. The highest BCUT2D eigenvalue weighted by atomic mass is 16.6. The van der Waals surface area contributed by atoms with Gasteiger partial charge in [-0.05, 0) is 83.5 Å². The van der Waals surface area contributed by atoms with Crippen LogP contribution in [0.1, 0.15) is 233 Å². The van der Waals surface area contributed by atoms with Crippen molar-refractivity contribution < 1.29 is 28.6 Å². The number of unbranched alkanes of at least 4 members (excludes halogenated alkanes) is 23. The zero-order chi connectivity index (χ0) is 42.3. The summed E-state index contributed by atoms with van der Waals surface area (Å²) in [7, 11) is 0. The molecule has 0 spiro atoms. The van der Waals surface area contributed by atoms with Gasteiger partial charge in [-0.2, -0.15) is 0 Å². The Hall–Kier alpha value is -2.89. The second kappa shape index (κ2) is 46.8. The number of rotatable bonds is 43. The average molecular weight is 811 g/mol. The van der Waals surface area contributed by atoms with Crippen molar-refractivity contribution in [3.8, 4) is 0 Å². The molecule has 0 amide bonds.